The molecule has 1 saturated carbocycles. The average molecular weight is 365 g/mol. The lowest BCUT2D eigenvalue weighted by molar-refractivity contribution is -0.137. The standard InChI is InChI=1S/C15H16ClF3N2OS/c16-11-7-6-9(15(17,18)19)8-12(11)21-13(22)14(23)20-10-4-2-1-3-5-10/h6-8,10H,1-5H2,(H,20,23)(H,21,22). The molecule has 8 heteroatoms. The molecule has 0 unspecified atom stereocenters. The SMILES string of the molecule is O=C(Nc1cc(C(F)(F)F)ccc1Cl)C(=S)NC1CCCCC1. The first kappa shape index (κ1) is 18.0. The van der Waals surface area contributed by atoms with E-state index >= 15 is 0 Å². The molecule has 0 saturated heterocycles. The van der Waals surface area contributed by atoms with Crippen LogP contribution in [0, 0.1) is 0 Å². The first-order chi connectivity index (χ1) is 10.8. The lowest BCUT2D eigenvalue weighted by Gasteiger charge is -2.23. The van der Waals surface area contributed by atoms with Gasteiger partial charge in [-0.05, 0) is 31.0 Å². The number of halogens is 4. The molecule has 1 aliphatic carbocycles. The van der Waals surface area contributed by atoms with Gasteiger partial charge in [0.15, 0.2) is 4.99 Å². The molecule has 0 atom stereocenters. The maximum atomic E-state index is 12.7. The van der Waals surface area contributed by atoms with Crippen LogP contribution in [0.25, 0.3) is 0 Å². The van der Waals surface area contributed by atoms with Gasteiger partial charge in [0.1, 0.15) is 0 Å². The molecular formula is C15H16ClF3N2OS. The minimum absolute atomic E-state index is 0.0202. The molecule has 126 valence electrons. The van der Waals surface area contributed by atoms with E-state index in [1.54, 1.807) is 0 Å². The summed E-state index contributed by atoms with van der Waals surface area (Å²) in [6.45, 7) is 0. The summed E-state index contributed by atoms with van der Waals surface area (Å²) in [6, 6.07) is 2.89. The van der Waals surface area contributed by atoms with Crippen molar-refractivity contribution >= 4 is 40.4 Å². The van der Waals surface area contributed by atoms with E-state index in [1.165, 1.54) is 0 Å². The molecule has 2 N–H and O–H groups in total. The number of alkyl halides is 3. The summed E-state index contributed by atoms with van der Waals surface area (Å²) in [5, 5.41) is 5.31. The molecule has 3 nitrogen and oxygen atoms in total. The number of carbonyl (C=O) groups excluding carboxylic acids is 1. The van der Waals surface area contributed by atoms with E-state index in [9.17, 15) is 18.0 Å². The van der Waals surface area contributed by atoms with Crippen LogP contribution in [0.5, 0.6) is 0 Å². The van der Waals surface area contributed by atoms with Crippen molar-refractivity contribution in [3.05, 3.63) is 28.8 Å². The Morgan fingerprint density at radius 2 is 1.87 bits per heavy atom. The second-order valence-electron chi connectivity index (χ2n) is 5.45. The van der Waals surface area contributed by atoms with E-state index in [-0.39, 0.29) is 21.7 Å². The average Bonchev–Trinajstić information content (AvgIpc) is 2.49. The zero-order valence-corrected chi connectivity index (χ0v) is 13.7. The molecule has 1 aromatic rings. The summed E-state index contributed by atoms with van der Waals surface area (Å²) in [6.07, 6.45) is 0.653. The van der Waals surface area contributed by atoms with Crippen LogP contribution in [0.15, 0.2) is 18.2 Å². The number of benzene rings is 1. The Hall–Kier alpha value is -1.34. The maximum absolute atomic E-state index is 12.7. The number of nitrogens with one attached hydrogen (secondary N) is 2. The van der Waals surface area contributed by atoms with Gasteiger partial charge in [0.25, 0.3) is 5.91 Å². The van der Waals surface area contributed by atoms with E-state index in [0.717, 1.165) is 50.3 Å². The van der Waals surface area contributed by atoms with Gasteiger partial charge in [0.05, 0.1) is 16.3 Å². The van der Waals surface area contributed by atoms with Crippen molar-refractivity contribution in [2.24, 2.45) is 0 Å². The van der Waals surface area contributed by atoms with Crippen molar-refractivity contribution in [2.75, 3.05) is 5.32 Å². The van der Waals surface area contributed by atoms with E-state index in [0.29, 0.717) is 0 Å². The summed E-state index contributed by atoms with van der Waals surface area (Å²) in [5.74, 6) is -0.660. The molecular weight excluding hydrogens is 349 g/mol. The Morgan fingerprint density at radius 1 is 1.22 bits per heavy atom. The quantitative estimate of drug-likeness (QED) is 0.756. The number of rotatable bonds is 2. The largest absolute Gasteiger partial charge is 0.416 e. The lowest BCUT2D eigenvalue weighted by Crippen LogP contribution is -2.41. The third kappa shape index (κ3) is 5.07. The molecule has 1 amide bonds. The van der Waals surface area contributed by atoms with Crippen molar-refractivity contribution in [1.82, 2.24) is 5.32 Å². The second-order valence-corrected chi connectivity index (χ2v) is 6.27. The van der Waals surface area contributed by atoms with Crippen LogP contribution in [0.4, 0.5) is 18.9 Å². The number of hydrogen-bond acceptors (Lipinski definition) is 2. The van der Waals surface area contributed by atoms with E-state index < -0.39 is 17.6 Å². The third-order valence-corrected chi connectivity index (χ3v) is 4.32. The highest BCUT2D eigenvalue weighted by Gasteiger charge is 2.31. The predicted molar refractivity (Wildman–Crippen MR) is 87.7 cm³/mol. The molecule has 0 radical (unpaired) electrons. The van der Waals surface area contributed by atoms with Gasteiger partial charge in [0.2, 0.25) is 0 Å². The van der Waals surface area contributed by atoms with Crippen LogP contribution in [-0.2, 0) is 11.0 Å². The highest BCUT2D eigenvalue weighted by molar-refractivity contribution is 7.82. The van der Waals surface area contributed by atoms with Crippen LogP contribution in [0.1, 0.15) is 37.7 Å². The van der Waals surface area contributed by atoms with Crippen LogP contribution < -0.4 is 10.6 Å². The van der Waals surface area contributed by atoms with Crippen LogP contribution in [-0.4, -0.2) is 16.9 Å². The Bertz CT molecular complexity index is 601. The smallest absolute Gasteiger partial charge is 0.369 e. The number of amides is 1. The molecule has 0 spiro atoms. The predicted octanol–water partition coefficient (Wildman–Crippen LogP) is 4.55. The van der Waals surface area contributed by atoms with E-state index in [1.807, 2.05) is 0 Å². The van der Waals surface area contributed by atoms with Gasteiger partial charge in [-0.15, -0.1) is 0 Å². The van der Waals surface area contributed by atoms with Gasteiger partial charge in [-0.3, -0.25) is 4.79 Å². The summed E-state index contributed by atoms with van der Waals surface area (Å²) in [7, 11) is 0. The second kappa shape index (κ2) is 7.49. The number of hydrogen-bond donors (Lipinski definition) is 2. The first-order valence-electron chi connectivity index (χ1n) is 7.26. The molecule has 1 aromatic carbocycles. The van der Waals surface area contributed by atoms with E-state index in [4.69, 9.17) is 23.8 Å². The lowest BCUT2D eigenvalue weighted by atomic mass is 9.95. The van der Waals surface area contributed by atoms with Crippen LogP contribution >= 0.6 is 23.8 Å². The molecule has 23 heavy (non-hydrogen) atoms. The zero-order valence-electron chi connectivity index (χ0n) is 12.2. The minimum Gasteiger partial charge on any atom is -0.369 e. The monoisotopic (exact) mass is 364 g/mol. The normalized spacial score (nSPS) is 16.0. The van der Waals surface area contributed by atoms with Crippen LogP contribution in [0.2, 0.25) is 5.02 Å². The number of carbonyl (C=O) groups is 1. The molecule has 2 rings (SSSR count). The van der Waals surface area contributed by atoms with Crippen molar-refractivity contribution < 1.29 is 18.0 Å². The topological polar surface area (TPSA) is 41.1 Å². The van der Waals surface area contributed by atoms with Crippen molar-refractivity contribution in [2.45, 2.75) is 44.3 Å². The molecule has 0 aliphatic heterocycles. The minimum atomic E-state index is -4.51. The zero-order chi connectivity index (χ0) is 17.0. The van der Waals surface area contributed by atoms with E-state index in [2.05, 4.69) is 10.6 Å². The van der Waals surface area contributed by atoms with Gasteiger partial charge in [0, 0.05) is 6.04 Å². The summed E-state index contributed by atoms with van der Waals surface area (Å²) < 4.78 is 38.1. The highest BCUT2D eigenvalue weighted by Crippen LogP contribution is 2.33. The molecule has 0 heterocycles. The first-order valence-corrected chi connectivity index (χ1v) is 8.04. The fourth-order valence-electron chi connectivity index (χ4n) is 2.47. The summed E-state index contributed by atoms with van der Waals surface area (Å²) in [5.41, 5.74) is -0.998. The van der Waals surface area contributed by atoms with Crippen molar-refractivity contribution in [3.63, 3.8) is 0 Å². The molecule has 0 bridgehead atoms. The fourth-order valence-corrected chi connectivity index (χ4v) is 2.86. The fraction of sp³-hybridized carbons (Fsp3) is 0.467. The number of thiocarbonyl (C=S) groups is 1. The highest BCUT2D eigenvalue weighted by atomic mass is 35.5. The Kier molecular flexibility index (Phi) is 5.86. The van der Waals surface area contributed by atoms with Crippen LogP contribution in [0.3, 0.4) is 0 Å². The number of anilines is 1. The molecule has 1 fully saturated rings. The third-order valence-electron chi connectivity index (χ3n) is 3.69. The maximum Gasteiger partial charge on any atom is 0.416 e. The van der Waals surface area contributed by atoms with Gasteiger partial charge in [-0.2, -0.15) is 13.2 Å². The summed E-state index contributed by atoms with van der Waals surface area (Å²) >= 11 is 10.9. The Balaban J connectivity index is 2.02. The van der Waals surface area contributed by atoms with Gasteiger partial charge >= 0.3 is 6.18 Å². The van der Waals surface area contributed by atoms with Gasteiger partial charge in [-0.25, -0.2) is 0 Å². The van der Waals surface area contributed by atoms with Crippen molar-refractivity contribution in [1.29, 1.82) is 0 Å². The molecule has 1 aliphatic rings. The Labute approximate surface area is 142 Å². The summed E-state index contributed by atoms with van der Waals surface area (Å²) in [4.78, 5) is 12.0. The Morgan fingerprint density at radius 3 is 2.48 bits per heavy atom. The molecule has 0 aromatic heterocycles. The van der Waals surface area contributed by atoms with Gasteiger partial charge in [-0.1, -0.05) is 43.1 Å². The van der Waals surface area contributed by atoms with Gasteiger partial charge < -0.3 is 10.6 Å². The van der Waals surface area contributed by atoms with Crippen molar-refractivity contribution in [3.8, 4) is 0 Å².